The molecule has 0 aliphatic heterocycles. The summed E-state index contributed by atoms with van der Waals surface area (Å²) in [6, 6.07) is 3.47. The zero-order valence-corrected chi connectivity index (χ0v) is 12.9. The van der Waals surface area contributed by atoms with Crippen LogP contribution in [0.2, 0.25) is 0 Å². The van der Waals surface area contributed by atoms with Gasteiger partial charge in [-0.3, -0.25) is 0 Å². The third-order valence-electron chi connectivity index (χ3n) is 3.82. The van der Waals surface area contributed by atoms with E-state index in [2.05, 4.69) is 4.72 Å². The number of alkyl halides is 3. The summed E-state index contributed by atoms with van der Waals surface area (Å²) in [7, 11) is -4.09. The van der Waals surface area contributed by atoms with Crippen LogP contribution in [0.5, 0.6) is 0 Å². The van der Waals surface area contributed by atoms with Crippen LogP contribution in [0.1, 0.15) is 36.8 Å². The van der Waals surface area contributed by atoms with Gasteiger partial charge in [0, 0.05) is 12.1 Å². The molecule has 1 aliphatic rings. The van der Waals surface area contributed by atoms with Crippen molar-refractivity contribution in [1.82, 2.24) is 4.72 Å². The molecule has 1 aromatic carbocycles. The van der Waals surface area contributed by atoms with Crippen LogP contribution in [0.15, 0.2) is 23.1 Å². The SMILES string of the molecule is N#Cc1ccc(S(=O)(=O)NC2CCC(N)CC2)cc1C(F)(F)F. The summed E-state index contributed by atoms with van der Waals surface area (Å²) < 4.78 is 65.7. The third kappa shape index (κ3) is 4.22. The van der Waals surface area contributed by atoms with Gasteiger partial charge >= 0.3 is 6.18 Å². The smallest absolute Gasteiger partial charge is 0.328 e. The Morgan fingerprint density at radius 3 is 2.35 bits per heavy atom. The molecule has 1 aromatic rings. The van der Waals surface area contributed by atoms with Crippen molar-refractivity contribution in [3.05, 3.63) is 29.3 Å². The van der Waals surface area contributed by atoms with E-state index in [4.69, 9.17) is 11.0 Å². The van der Waals surface area contributed by atoms with Gasteiger partial charge in [-0.1, -0.05) is 0 Å². The molecule has 1 aliphatic carbocycles. The van der Waals surface area contributed by atoms with E-state index in [1.807, 2.05) is 0 Å². The molecule has 0 unspecified atom stereocenters. The molecule has 0 aromatic heterocycles. The second kappa shape index (κ2) is 6.47. The van der Waals surface area contributed by atoms with Crippen molar-refractivity contribution >= 4 is 10.0 Å². The Morgan fingerprint density at radius 1 is 1.22 bits per heavy atom. The predicted molar refractivity (Wildman–Crippen MR) is 76.7 cm³/mol. The summed E-state index contributed by atoms with van der Waals surface area (Å²) in [5, 5.41) is 8.73. The van der Waals surface area contributed by atoms with Crippen molar-refractivity contribution in [2.24, 2.45) is 5.73 Å². The zero-order valence-electron chi connectivity index (χ0n) is 12.1. The molecule has 0 atom stereocenters. The number of rotatable bonds is 3. The fourth-order valence-corrected chi connectivity index (χ4v) is 3.88. The van der Waals surface area contributed by atoms with Gasteiger partial charge in [-0.2, -0.15) is 18.4 Å². The second-order valence-corrected chi connectivity index (χ2v) is 7.26. The van der Waals surface area contributed by atoms with Gasteiger partial charge in [-0.05, 0) is 43.9 Å². The number of halogens is 3. The number of nitrogens with zero attached hydrogens (tertiary/aromatic N) is 1. The van der Waals surface area contributed by atoms with Crippen LogP contribution in [0.4, 0.5) is 13.2 Å². The molecule has 9 heteroatoms. The molecule has 0 heterocycles. The maximum Gasteiger partial charge on any atom is 0.417 e. The highest BCUT2D eigenvalue weighted by atomic mass is 32.2. The van der Waals surface area contributed by atoms with Crippen molar-refractivity contribution in [3.8, 4) is 6.07 Å². The van der Waals surface area contributed by atoms with Gasteiger partial charge in [0.25, 0.3) is 0 Å². The molecule has 1 saturated carbocycles. The molecule has 0 amide bonds. The maximum atomic E-state index is 12.9. The Hall–Kier alpha value is -1.63. The van der Waals surface area contributed by atoms with Crippen LogP contribution < -0.4 is 10.5 Å². The normalized spacial score (nSPS) is 22.6. The van der Waals surface area contributed by atoms with E-state index in [0.29, 0.717) is 31.7 Å². The van der Waals surface area contributed by atoms with Crippen LogP contribution in [0.25, 0.3) is 0 Å². The molecule has 23 heavy (non-hydrogen) atoms. The molecule has 0 spiro atoms. The fraction of sp³-hybridized carbons (Fsp3) is 0.500. The minimum Gasteiger partial charge on any atom is -0.328 e. The van der Waals surface area contributed by atoms with Gasteiger partial charge in [-0.15, -0.1) is 0 Å². The lowest BCUT2D eigenvalue weighted by molar-refractivity contribution is -0.137. The average Bonchev–Trinajstić information content (AvgIpc) is 2.48. The first-order chi connectivity index (χ1) is 10.6. The Morgan fingerprint density at radius 2 is 1.83 bits per heavy atom. The number of sulfonamides is 1. The number of hydrogen-bond donors (Lipinski definition) is 2. The van der Waals surface area contributed by atoms with E-state index in [9.17, 15) is 21.6 Å². The van der Waals surface area contributed by atoms with Gasteiger partial charge in [0.05, 0.1) is 22.1 Å². The van der Waals surface area contributed by atoms with E-state index in [1.165, 1.54) is 6.07 Å². The summed E-state index contributed by atoms with van der Waals surface area (Å²) in [5.74, 6) is 0. The molecule has 1 fully saturated rings. The quantitative estimate of drug-likeness (QED) is 0.875. The summed E-state index contributed by atoms with van der Waals surface area (Å²) in [6.45, 7) is 0. The number of nitriles is 1. The van der Waals surface area contributed by atoms with Crippen LogP contribution >= 0.6 is 0 Å². The lowest BCUT2D eigenvalue weighted by atomic mass is 9.93. The Bertz CT molecular complexity index is 718. The van der Waals surface area contributed by atoms with Gasteiger partial charge < -0.3 is 5.73 Å². The van der Waals surface area contributed by atoms with Gasteiger partial charge in [-0.25, -0.2) is 13.1 Å². The first-order valence-electron chi connectivity index (χ1n) is 7.03. The van der Waals surface area contributed by atoms with Crippen molar-refractivity contribution in [1.29, 1.82) is 5.26 Å². The monoisotopic (exact) mass is 347 g/mol. The standard InChI is InChI=1S/C14H16F3N3O2S/c15-14(16,17)13-7-12(6-1-9(13)8-18)23(21,22)20-11-4-2-10(19)3-5-11/h1,6-7,10-11,20H,2-5,19H2. The molecule has 5 nitrogen and oxygen atoms in total. The van der Waals surface area contributed by atoms with E-state index in [1.54, 1.807) is 0 Å². The number of nitrogens with two attached hydrogens (primary N) is 1. The first-order valence-corrected chi connectivity index (χ1v) is 8.51. The zero-order chi connectivity index (χ0) is 17.3. The highest BCUT2D eigenvalue weighted by Crippen LogP contribution is 2.33. The molecule has 0 radical (unpaired) electrons. The van der Waals surface area contributed by atoms with Gasteiger partial charge in [0.2, 0.25) is 10.0 Å². The fourth-order valence-electron chi connectivity index (χ4n) is 2.55. The topological polar surface area (TPSA) is 96.0 Å². The highest BCUT2D eigenvalue weighted by Gasteiger charge is 2.35. The molecule has 0 bridgehead atoms. The first kappa shape index (κ1) is 17.7. The summed E-state index contributed by atoms with van der Waals surface area (Å²) in [5.41, 5.74) is 3.87. The van der Waals surface area contributed by atoms with Crippen molar-refractivity contribution in [2.45, 2.75) is 48.8 Å². The lowest BCUT2D eigenvalue weighted by Crippen LogP contribution is -2.40. The van der Waals surface area contributed by atoms with E-state index >= 15 is 0 Å². The Kier molecular flexibility index (Phi) is 4.98. The molecule has 3 N–H and O–H groups in total. The van der Waals surface area contributed by atoms with Gasteiger partial charge in [0.15, 0.2) is 0 Å². The Labute approximate surface area is 132 Å². The van der Waals surface area contributed by atoms with Crippen molar-refractivity contribution < 1.29 is 21.6 Å². The molecule has 126 valence electrons. The molecular weight excluding hydrogens is 331 g/mol. The molecular formula is C14H16F3N3O2S. The molecule has 2 rings (SSSR count). The predicted octanol–water partition coefficient (Wildman–Crippen LogP) is 2.13. The maximum absolute atomic E-state index is 12.9. The summed E-state index contributed by atoms with van der Waals surface area (Å²) >= 11 is 0. The molecule has 0 saturated heterocycles. The number of hydrogen-bond acceptors (Lipinski definition) is 4. The van der Waals surface area contributed by atoms with Crippen LogP contribution in [-0.4, -0.2) is 20.5 Å². The van der Waals surface area contributed by atoms with Crippen molar-refractivity contribution in [2.75, 3.05) is 0 Å². The number of nitrogens with one attached hydrogen (secondary N) is 1. The average molecular weight is 347 g/mol. The van der Waals surface area contributed by atoms with Crippen molar-refractivity contribution in [3.63, 3.8) is 0 Å². The van der Waals surface area contributed by atoms with E-state index < -0.39 is 32.2 Å². The highest BCUT2D eigenvalue weighted by molar-refractivity contribution is 7.89. The van der Waals surface area contributed by atoms with E-state index in [0.717, 1.165) is 12.1 Å². The van der Waals surface area contributed by atoms with Crippen LogP contribution in [-0.2, 0) is 16.2 Å². The Balaban J connectivity index is 2.28. The second-order valence-electron chi connectivity index (χ2n) is 5.55. The summed E-state index contributed by atoms with van der Waals surface area (Å²) in [6.07, 6.45) is -2.39. The van der Waals surface area contributed by atoms with Crippen LogP contribution in [0.3, 0.4) is 0 Å². The minimum absolute atomic E-state index is 0.0301. The third-order valence-corrected chi connectivity index (χ3v) is 5.34. The largest absolute Gasteiger partial charge is 0.417 e. The van der Waals surface area contributed by atoms with Crippen LogP contribution in [0, 0.1) is 11.3 Å². The minimum atomic E-state index is -4.80. The lowest BCUT2D eigenvalue weighted by Gasteiger charge is -2.26. The number of benzene rings is 1. The van der Waals surface area contributed by atoms with Gasteiger partial charge in [0.1, 0.15) is 0 Å². The van der Waals surface area contributed by atoms with E-state index in [-0.39, 0.29) is 12.1 Å². The summed E-state index contributed by atoms with van der Waals surface area (Å²) in [4.78, 5) is -0.501.